The van der Waals surface area contributed by atoms with Crippen LogP contribution < -0.4 is 5.73 Å². The number of nitrogens with zero attached hydrogens (tertiary/aromatic N) is 3. The zero-order chi connectivity index (χ0) is 13.4. The average Bonchev–Trinajstić information content (AvgIpc) is 2.70. The number of aromatic nitrogens is 3. The lowest BCUT2D eigenvalue weighted by molar-refractivity contribution is -0.106. The molecule has 2 heterocycles. The van der Waals surface area contributed by atoms with Crippen molar-refractivity contribution in [2.45, 2.75) is 39.5 Å². The van der Waals surface area contributed by atoms with Crippen molar-refractivity contribution in [1.82, 2.24) is 14.6 Å². The van der Waals surface area contributed by atoms with E-state index in [9.17, 15) is 0 Å². The van der Waals surface area contributed by atoms with Gasteiger partial charge in [0.1, 0.15) is 0 Å². The number of hydrogen-bond acceptors (Lipinski definition) is 3. The smallest absolute Gasteiger partial charge is 0.204 e. The largest absolute Gasteiger partial charge is 0.372 e. The fourth-order valence-corrected chi connectivity index (χ4v) is 1.92. The number of carbonyl (C=O) groups is 1. The molecule has 5 nitrogen and oxygen atoms in total. The summed E-state index contributed by atoms with van der Waals surface area (Å²) in [6, 6.07) is 1.92. The molecule has 0 spiro atoms. The standard InChI is InChI=1S/C12H17N3.CH3NO/c1-3-6-10-11(7-4-2)14-15-9-5-8-13-12(10)15;2-1-3/h5,8-9H,3-4,6-7H2,1-2H3;1H,(H2,2,3). The first-order valence-electron chi connectivity index (χ1n) is 6.24. The van der Waals surface area contributed by atoms with Gasteiger partial charge in [-0.1, -0.05) is 26.7 Å². The van der Waals surface area contributed by atoms with E-state index in [0.717, 1.165) is 31.3 Å². The van der Waals surface area contributed by atoms with Crippen LogP contribution in [0.4, 0.5) is 0 Å². The van der Waals surface area contributed by atoms with Gasteiger partial charge < -0.3 is 5.73 Å². The molecule has 2 N–H and O–H groups in total. The lowest BCUT2D eigenvalue weighted by Crippen LogP contribution is -1.91. The maximum Gasteiger partial charge on any atom is 0.204 e. The van der Waals surface area contributed by atoms with Gasteiger partial charge >= 0.3 is 0 Å². The molecule has 0 radical (unpaired) electrons. The van der Waals surface area contributed by atoms with Crippen LogP contribution in [0.15, 0.2) is 18.5 Å². The summed E-state index contributed by atoms with van der Waals surface area (Å²) in [6.07, 6.45) is 8.48. The topological polar surface area (TPSA) is 73.3 Å². The first-order valence-corrected chi connectivity index (χ1v) is 6.24. The molecule has 0 unspecified atom stereocenters. The second-order valence-corrected chi connectivity index (χ2v) is 3.95. The highest BCUT2D eigenvalue weighted by Crippen LogP contribution is 2.16. The van der Waals surface area contributed by atoms with Crippen molar-refractivity contribution in [2.24, 2.45) is 5.73 Å². The third-order valence-electron chi connectivity index (χ3n) is 2.56. The molecule has 0 saturated heterocycles. The molecule has 0 fully saturated rings. The van der Waals surface area contributed by atoms with E-state index in [1.165, 1.54) is 11.3 Å². The van der Waals surface area contributed by atoms with Crippen molar-refractivity contribution in [2.75, 3.05) is 0 Å². The Hall–Kier alpha value is -1.91. The van der Waals surface area contributed by atoms with Gasteiger partial charge in [0.05, 0.1) is 5.69 Å². The molecule has 5 heteroatoms. The maximum atomic E-state index is 8.58. The van der Waals surface area contributed by atoms with E-state index in [1.807, 2.05) is 23.0 Å². The molecule has 2 aromatic heterocycles. The van der Waals surface area contributed by atoms with Gasteiger partial charge in [-0.3, -0.25) is 4.79 Å². The molecule has 0 aliphatic heterocycles. The quantitative estimate of drug-likeness (QED) is 0.837. The molecule has 0 bridgehead atoms. The number of amides is 1. The third-order valence-corrected chi connectivity index (χ3v) is 2.56. The van der Waals surface area contributed by atoms with Crippen molar-refractivity contribution < 1.29 is 4.79 Å². The van der Waals surface area contributed by atoms with Gasteiger partial charge in [-0.05, 0) is 18.9 Å². The average molecular weight is 248 g/mol. The minimum absolute atomic E-state index is 0.250. The highest BCUT2D eigenvalue weighted by Gasteiger charge is 2.11. The summed E-state index contributed by atoms with van der Waals surface area (Å²) < 4.78 is 1.90. The van der Waals surface area contributed by atoms with E-state index < -0.39 is 0 Å². The first-order chi connectivity index (χ1) is 8.78. The van der Waals surface area contributed by atoms with Crippen LogP contribution in [0.25, 0.3) is 5.65 Å². The lowest BCUT2D eigenvalue weighted by Gasteiger charge is -1.98. The third kappa shape index (κ3) is 3.29. The molecule has 2 rings (SSSR count). The number of hydrogen-bond donors (Lipinski definition) is 1. The molecular weight excluding hydrogens is 228 g/mol. The molecule has 0 atom stereocenters. The summed E-state index contributed by atoms with van der Waals surface area (Å²) >= 11 is 0. The predicted octanol–water partition coefficient (Wildman–Crippen LogP) is 1.74. The number of primary amides is 1. The molecule has 0 aliphatic rings. The van der Waals surface area contributed by atoms with Gasteiger partial charge in [-0.2, -0.15) is 5.10 Å². The molecule has 0 aliphatic carbocycles. The summed E-state index contributed by atoms with van der Waals surface area (Å²) in [5.41, 5.74) is 7.75. The Kier molecular flexibility index (Phi) is 5.84. The Labute approximate surface area is 107 Å². The van der Waals surface area contributed by atoms with E-state index in [1.54, 1.807) is 0 Å². The number of fused-ring (bicyclic) bond motifs is 1. The van der Waals surface area contributed by atoms with E-state index in [4.69, 9.17) is 4.79 Å². The van der Waals surface area contributed by atoms with E-state index >= 15 is 0 Å². The Morgan fingerprint density at radius 3 is 2.61 bits per heavy atom. The fourth-order valence-electron chi connectivity index (χ4n) is 1.92. The van der Waals surface area contributed by atoms with Crippen LogP contribution >= 0.6 is 0 Å². The van der Waals surface area contributed by atoms with Gasteiger partial charge in [0.2, 0.25) is 6.41 Å². The predicted molar refractivity (Wildman–Crippen MR) is 71.2 cm³/mol. The zero-order valence-electron chi connectivity index (χ0n) is 11.0. The Morgan fingerprint density at radius 1 is 1.33 bits per heavy atom. The summed E-state index contributed by atoms with van der Waals surface area (Å²) in [7, 11) is 0. The normalized spacial score (nSPS) is 9.89. The van der Waals surface area contributed by atoms with Crippen molar-refractivity contribution >= 4 is 12.1 Å². The molecular formula is C13H20N4O. The lowest BCUT2D eigenvalue weighted by atomic mass is 10.1. The summed E-state index contributed by atoms with van der Waals surface area (Å²) in [6.45, 7) is 4.38. The van der Waals surface area contributed by atoms with E-state index in [0.29, 0.717) is 0 Å². The molecule has 98 valence electrons. The van der Waals surface area contributed by atoms with Crippen molar-refractivity contribution in [3.63, 3.8) is 0 Å². The van der Waals surface area contributed by atoms with Crippen LogP contribution in [0, 0.1) is 0 Å². The second kappa shape index (κ2) is 7.42. The highest BCUT2D eigenvalue weighted by atomic mass is 16.1. The molecule has 2 aromatic rings. The van der Waals surface area contributed by atoms with Gasteiger partial charge in [-0.15, -0.1) is 0 Å². The summed E-state index contributed by atoms with van der Waals surface area (Å²) in [5.74, 6) is 0. The minimum atomic E-state index is 0.250. The van der Waals surface area contributed by atoms with Gasteiger partial charge in [0.25, 0.3) is 0 Å². The van der Waals surface area contributed by atoms with E-state index in [-0.39, 0.29) is 6.41 Å². The van der Waals surface area contributed by atoms with Crippen molar-refractivity contribution in [3.8, 4) is 0 Å². The minimum Gasteiger partial charge on any atom is -0.372 e. The molecule has 0 aromatic carbocycles. The van der Waals surface area contributed by atoms with Crippen LogP contribution in [-0.4, -0.2) is 21.0 Å². The van der Waals surface area contributed by atoms with Crippen LogP contribution in [-0.2, 0) is 17.6 Å². The SMILES string of the molecule is CCCc1nn2cccnc2c1CCC.NC=O. The van der Waals surface area contributed by atoms with Crippen LogP contribution in [0.3, 0.4) is 0 Å². The van der Waals surface area contributed by atoms with Crippen LogP contribution in [0.5, 0.6) is 0 Å². The number of carbonyl (C=O) groups excluding carboxylic acids is 1. The van der Waals surface area contributed by atoms with Crippen LogP contribution in [0.1, 0.15) is 37.9 Å². The van der Waals surface area contributed by atoms with Gasteiger partial charge in [-0.25, -0.2) is 9.50 Å². The van der Waals surface area contributed by atoms with Gasteiger partial charge in [0.15, 0.2) is 5.65 Å². The monoisotopic (exact) mass is 248 g/mol. The zero-order valence-corrected chi connectivity index (χ0v) is 11.0. The summed E-state index contributed by atoms with van der Waals surface area (Å²) in [4.78, 5) is 13.0. The van der Waals surface area contributed by atoms with E-state index in [2.05, 4.69) is 29.7 Å². The number of nitrogens with two attached hydrogens (primary N) is 1. The Morgan fingerprint density at radius 2 is 2.00 bits per heavy atom. The Bertz CT molecular complexity index is 493. The van der Waals surface area contributed by atoms with Gasteiger partial charge in [0, 0.05) is 18.0 Å². The molecule has 18 heavy (non-hydrogen) atoms. The number of rotatable bonds is 4. The molecule has 0 saturated carbocycles. The first kappa shape index (κ1) is 14.2. The molecule has 1 amide bonds. The fraction of sp³-hybridized carbons (Fsp3) is 0.462. The number of aryl methyl sites for hydroxylation is 2. The van der Waals surface area contributed by atoms with Crippen molar-refractivity contribution in [1.29, 1.82) is 0 Å². The Balaban J connectivity index is 0.000000492. The summed E-state index contributed by atoms with van der Waals surface area (Å²) in [5, 5.41) is 4.58. The van der Waals surface area contributed by atoms with Crippen molar-refractivity contribution in [3.05, 3.63) is 29.7 Å². The van der Waals surface area contributed by atoms with Crippen LogP contribution in [0.2, 0.25) is 0 Å². The maximum absolute atomic E-state index is 8.58. The second-order valence-electron chi connectivity index (χ2n) is 3.95. The highest BCUT2D eigenvalue weighted by molar-refractivity contribution is 5.49.